The molecule has 0 spiro atoms. The number of hydrogen-bond acceptors (Lipinski definition) is 6. The van der Waals surface area contributed by atoms with Gasteiger partial charge in [-0.05, 0) is 25.1 Å². The van der Waals surface area contributed by atoms with Crippen molar-refractivity contribution in [3.63, 3.8) is 0 Å². The highest BCUT2D eigenvalue weighted by molar-refractivity contribution is 9.10. The number of aromatic nitrogens is 2. The summed E-state index contributed by atoms with van der Waals surface area (Å²) in [5.41, 5.74) is 0.970. The minimum absolute atomic E-state index is 0. The Hall–Kier alpha value is -0.990. The van der Waals surface area contributed by atoms with Crippen molar-refractivity contribution in [3.05, 3.63) is 34.6 Å². The van der Waals surface area contributed by atoms with E-state index in [1.54, 1.807) is 0 Å². The van der Waals surface area contributed by atoms with E-state index in [-0.39, 0.29) is 12.4 Å². The molecule has 0 aliphatic carbocycles. The molecule has 2 saturated heterocycles. The fourth-order valence-electron chi connectivity index (χ4n) is 3.49. The Bertz CT molecular complexity index is 683. The van der Waals surface area contributed by atoms with Crippen LogP contribution in [0.1, 0.15) is 12.3 Å². The zero-order valence-corrected chi connectivity index (χ0v) is 16.4. The third-order valence-corrected chi connectivity index (χ3v) is 5.36. The van der Waals surface area contributed by atoms with Crippen LogP contribution in [0, 0.1) is 0 Å². The first-order valence-corrected chi connectivity index (χ1v) is 9.33. The average molecular weight is 429 g/mol. The zero-order chi connectivity index (χ0) is 16.4. The summed E-state index contributed by atoms with van der Waals surface area (Å²) in [5.74, 6) is 1.35. The predicted molar refractivity (Wildman–Crippen MR) is 103 cm³/mol. The second-order valence-electron chi connectivity index (χ2n) is 6.48. The summed E-state index contributed by atoms with van der Waals surface area (Å²) in [5, 5.41) is 7.57. The van der Waals surface area contributed by atoms with Crippen LogP contribution < -0.4 is 5.32 Å². The first-order valence-electron chi connectivity index (χ1n) is 8.53. The van der Waals surface area contributed by atoms with E-state index in [1.165, 1.54) is 6.42 Å². The molecule has 25 heavy (non-hydrogen) atoms. The van der Waals surface area contributed by atoms with E-state index >= 15 is 0 Å². The molecule has 1 N–H and O–H groups in total. The van der Waals surface area contributed by atoms with Gasteiger partial charge in [0, 0.05) is 48.8 Å². The molecule has 2 aliphatic heterocycles. The first-order chi connectivity index (χ1) is 11.8. The van der Waals surface area contributed by atoms with Gasteiger partial charge in [-0.15, -0.1) is 12.4 Å². The van der Waals surface area contributed by atoms with Crippen molar-refractivity contribution in [3.8, 4) is 11.4 Å². The third kappa shape index (κ3) is 4.60. The Morgan fingerprint density at radius 3 is 2.80 bits per heavy atom. The van der Waals surface area contributed by atoms with Gasteiger partial charge in [0.05, 0.1) is 6.54 Å². The fraction of sp³-hybridized carbons (Fsp3) is 0.529. The molecular weight excluding hydrogens is 406 g/mol. The van der Waals surface area contributed by atoms with E-state index in [2.05, 4.69) is 41.2 Å². The van der Waals surface area contributed by atoms with Gasteiger partial charge in [-0.25, -0.2) is 0 Å². The topological polar surface area (TPSA) is 57.4 Å². The monoisotopic (exact) mass is 427 g/mol. The van der Waals surface area contributed by atoms with Crippen LogP contribution >= 0.6 is 28.3 Å². The van der Waals surface area contributed by atoms with E-state index in [1.807, 2.05) is 24.3 Å². The van der Waals surface area contributed by atoms with E-state index in [9.17, 15) is 0 Å². The maximum Gasteiger partial charge on any atom is 0.241 e. The van der Waals surface area contributed by atoms with Crippen LogP contribution in [0.5, 0.6) is 0 Å². The second-order valence-corrected chi connectivity index (χ2v) is 7.40. The lowest BCUT2D eigenvalue weighted by atomic mass is 10.2. The molecule has 2 fully saturated rings. The minimum atomic E-state index is 0. The van der Waals surface area contributed by atoms with Gasteiger partial charge in [0.2, 0.25) is 11.7 Å². The van der Waals surface area contributed by atoms with Crippen molar-refractivity contribution in [1.82, 2.24) is 25.3 Å². The summed E-state index contributed by atoms with van der Waals surface area (Å²) < 4.78 is 6.46. The van der Waals surface area contributed by atoms with Crippen molar-refractivity contribution in [2.45, 2.75) is 19.0 Å². The van der Waals surface area contributed by atoms with Crippen LogP contribution in [0.3, 0.4) is 0 Å². The smallest absolute Gasteiger partial charge is 0.241 e. The predicted octanol–water partition coefficient (Wildman–Crippen LogP) is 2.40. The van der Waals surface area contributed by atoms with Crippen LogP contribution in [0.25, 0.3) is 11.4 Å². The lowest BCUT2D eigenvalue weighted by molar-refractivity contribution is 0.0908. The molecule has 1 unspecified atom stereocenters. The molecule has 2 aliphatic rings. The van der Waals surface area contributed by atoms with Crippen molar-refractivity contribution in [1.29, 1.82) is 0 Å². The van der Waals surface area contributed by atoms with Gasteiger partial charge in [0.1, 0.15) is 0 Å². The van der Waals surface area contributed by atoms with E-state index in [4.69, 9.17) is 4.52 Å². The van der Waals surface area contributed by atoms with Crippen molar-refractivity contribution < 1.29 is 4.52 Å². The van der Waals surface area contributed by atoms with Crippen LogP contribution in [0.2, 0.25) is 0 Å². The van der Waals surface area contributed by atoms with Crippen LogP contribution in [-0.4, -0.2) is 65.3 Å². The lowest BCUT2D eigenvalue weighted by Crippen LogP contribution is -2.50. The highest BCUT2D eigenvalue weighted by atomic mass is 79.9. The maximum atomic E-state index is 5.45. The van der Waals surface area contributed by atoms with Crippen LogP contribution in [-0.2, 0) is 6.54 Å². The number of benzene rings is 1. The molecule has 2 aromatic rings. The summed E-state index contributed by atoms with van der Waals surface area (Å²) in [4.78, 5) is 9.56. The summed E-state index contributed by atoms with van der Waals surface area (Å²) in [6, 6.07) is 8.69. The third-order valence-electron chi connectivity index (χ3n) is 4.87. The van der Waals surface area contributed by atoms with E-state index in [0.29, 0.717) is 11.7 Å². The van der Waals surface area contributed by atoms with E-state index < -0.39 is 0 Å². The van der Waals surface area contributed by atoms with Gasteiger partial charge in [0.15, 0.2) is 0 Å². The molecule has 0 bridgehead atoms. The summed E-state index contributed by atoms with van der Waals surface area (Å²) in [7, 11) is 0. The van der Waals surface area contributed by atoms with Crippen LogP contribution in [0.4, 0.5) is 0 Å². The Morgan fingerprint density at radius 2 is 2.08 bits per heavy atom. The number of piperazine rings is 1. The van der Waals surface area contributed by atoms with Gasteiger partial charge in [-0.2, -0.15) is 4.98 Å². The van der Waals surface area contributed by atoms with Gasteiger partial charge >= 0.3 is 0 Å². The fourth-order valence-corrected chi connectivity index (χ4v) is 3.89. The molecule has 1 aromatic heterocycles. The first kappa shape index (κ1) is 18.8. The Labute approximate surface area is 162 Å². The molecule has 1 atom stereocenters. The van der Waals surface area contributed by atoms with Crippen molar-refractivity contribution in [2.24, 2.45) is 0 Å². The number of halogens is 2. The largest absolute Gasteiger partial charge is 0.338 e. The number of rotatable bonds is 4. The number of nitrogens with one attached hydrogen (secondary N) is 1. The zero-order valence-electron chi connectivity index (χ0n) is 14.0. The molecule has 0 saturated carbocycles. The molecule has 6 nitrogen and oxygen atoms in total. The average Bonchev–Trinajstić information content (AvgIpc) is 3.27. The minimum Gasteiger partial charge on any atom is -0.338 e. The van der Waals surface area contributed by atoms with Crippen LogP contribution in [0.15, 0.2) is 33.3 Å². The molecule has 4 rings (SSSR count). The molecule has 136 valence electrons. The SMILES string of the molecule is Brc1cccc(-c2noc(CN3CCN(C4CCNC4)CC3)n2)c1.Cl. The van der Waals surface area contributed by atoms with Crippen molar-refractivity contribution in [2.75, 3.05) is 39.3 Å². The number of hydrogen-bond donors (Lipinski definition) is 1. The summed E-state index contributed by atoms with van der Waals surface area (Å²) in [6.45, 7) is 7.40. The molecule has 8 heteroatoms. The Balaban J connectivity index is 0.00000182. The van der Waals surface area contributed by atoms with Gasteiger partial charge in [-0.1, -0.05) is 33.2 Å². The summed E-state index contributed by atoms with van der Waals surface area (Å²) in [6.07, 6.45) is 1.28. The Morgan fingerprint density at radius 1 is 1.24 bits per heavy atom. The van der Waals surface area contributed by atoms with Gasteiger partial charge in [0.25, 0.3) is 0 Å². The maximum absolute atomic E-state index is 5.45. The molecular formula is C17H23BrClN5O. The Kier molecular flexibility index (Phi) is 6.46. The lowest BCUT2D eigenvalue weighted by Gasteiger charge is -2.37. The highest BCUT2D eigenvalue weighted by Gasteiger charge is 2.26. The highest BCUT2D eigenvalue weighted by Crippen LogP contribution is 2.21. The normalized spacial score (nSPS) is 22.0. The standard InChI is InChI=1S/C17H22BrN5O.ClH/c18-14-3-1-2-13(10-14)17-20-16(24-21-17)12-22-6-8-23(9-7-22)15-4-5-19-11-15;/h1-3,10,15,19H,4-9,11-12H2;1H. The second kappa shape index (κ2) is 8.60. The number of nitrogens with zero attached hydrogens (tertiary/aromatic N) is 4. The van der Waals surface area contributed by atoms with E-state index in [0.717, 1.165) is 61.9 Å². The molecule has 0 amide bonds. The van der Waals surface area contributed by atoms with Crippen molar-refractivity contribution >= 4 is 28.3 Å². The summed E-state index contributed by atoms with van der Waals surface area (Å²) >= 11 is 3.48. The van der Waals surface area contributed by atoms with Gasteiger partial charge in [-0.3, -0.25) is 9.80 Å². The molecule has 1 aromatic carbocycles. The quantitative estimate of drug-likeness (QED) is 0.807. The molecule has 0 radical (unpaired) electrons. The van der Waals surface area contributed by atoms with Gasteiger partial charge < -0.3 is 9.84 Å². The molecule has 3 heterocycles.